The smallest absolute Gasteiger partial charge is 0.0978 e. The van der Waals surface area contributed by atoms with E-state index >= 15 is 0 Å². The van der Waals surface area contributed by atoms with Crippen LogP contribution in [0.4, 0.5) is 5.69 Å². The van der Waals surface area contributed by atoms with Crippen LogP contribution in [0.15, 0.2) is 24.3 Å². The summed E-state index contributed by atoms with van der Waals surface area (Å²) in [5.41, 5.74) is 7.61. The van der Waals surface area contributed by atoms with Gasteiger partial charge in [0.05, 0.1) is 12.1 Å². The summed E-state index contributed by atoms with van der Waals surface area (Å²) in [7, 11) is 0. The molecule has 3 heteroatoms. The van der Waals surface area contributed by atoms with E-state index in [-0.39, 0.29) is 6.04 Å². The normalized spacial score (nSPS) is 12.4. The molecule has 0 aliphatic heterocycles. The van der Waals surface area contributed by atoms with Gasteiger partial charge in [0.1, 0.15) is 0 Å². The number of nitriles is 1. The molecule has 86 valence electrons. The molecule has 0 saturated carbocycles. The van der Waals surface area contributed by atoms with Gasteiger partial charge in [0.15, 0.2) is 0 Å². The Morgan fingerprint density at radius 1 is 1.31 bits per heavy atom. The van der Waals surface area contributed by atoms with E-state index in [9.17, 15) is 0 Å². The van der Waals surface area contributed by atoms with Crippen molar-refractivity contribution in [1.29, 1.82) is 5.26 Å². The second-order valence-electron chi connectivity index (χ2n) is 3.86. The first-order valence-electron chi connectivity index (χ1n) is 5.69. The molecule has 0 radical (unpaired) electrons. The summed E-state index contributed by atoms with van der Waals surface area (Å²) >= 11 is 0. The predicted octanol–water partition coefficient (Wildman–Crippen LogP) is 2.39. The highest BCUT2D eigenvalue weighted by Crippen LogP contribution is 2.12. The summed E-state index contributed by atoms with van der Waals surface area (Å²) in [6, 6.07) is 10.2. The van der Waals surface area contributed by atoms with Crippen molar-refractivity contribution < 1.29 is 0 Å². The van der Waals surface area contributed by atoms with Gasteiger partial charge in [-0.2, -0.15) is 5.26 Å². The third kappa shape index (κ3) is 3.25. The zero-order valence-corrected chi connectivity index (χ0v) is 9.98. The molecular formula is C13H19N3. The van der Waals surface area contributed by atoms with Crippen LogP contribution in [-0.2, 0) is 6.54 Å². The molecule has 0 aliphatic carbocycles. The Balaban J connectivity index is 2.70. The molecule has 1 aromatic rings. The van der Waals surface area contributed by atoms with Crippen LogP contribution in [0.2, 0.25) is 0 Å². The molecule has 1 aromatic carbocycles. The number of anilines is 1. The molecule has 0 amide bonds. The second-order valence-corrected chi connectivity index (χ2v) is 3.86. The summed E-state index contributed by atoms with van der Waals surface area (Å²) in [5, 5.41) is 9.04. The Hall–Kier alpha value is -1.53. The van der Waals surface area contributed by atoms with E-state index in [4.69, 9.17) is 11.0 Å². The van der Waals surface area contributed by atoms with E-state index in [0.717, 1.165) is 25.2 Å². The first-order chi connectivity index (χ1) is 7.71. The van der Waals surface area contributed by atoms with Crippen molar-refractivity contribution in [2.75, 3.05) is 12.3 Å². The van der Waals surface area contributed by atoms with Gasteiger partial charge in [0, 0.05) is 12.2 Å². The molecule has 0 fully saturated rings. The first kappa shape index (κ1) is 12.5. The monoisotopic (exact) mass is 217 g/mol. The second kappa shape index (κ2) is 6.14. The number of nitrogens with zero attached hydrogens (tertiary/aromatic N) is 2. The first-order valence-corrected chi connectivity index (χ1v) is 5.69. The number of nitrogen functional groups attached to an aromatic ring is 1. The van der Waals surface area contributed by atoms with Crippen molar-refractivity contribution in [2.45, 2.75) is 32.9 Å². The topological polar surface area (TPSA) is 53.0 Å². The van der Waals surface area contributed by atoms with Gasteiger partial charge in [-0.05, 0) is 30.7 Å². The molecule has 1 atom stereocenters. The Morgan fingerprint density at radius 3 is 2.38 bits per heavy atom. The third-order valence-electron chi connectivity index (χ3n) is 2.75. The fraction of sp³-hybridized carbons (Fsp3) is 0.462. The van der Waals surface area contributed by atoms with E-state index in [1.165, 1.54) is 5.56 Å². The molecule has 3 nitrogen and oxygen atoms in total. The number of benzene rings is 1. The largest absolute Gasteiger partial charge is 0.399 e. The number of hydrogen-bond donors (Lipinski definition) is 1. The fourth-order valence-corrected chi connectivity index (χ4v) is 1.73. The lowest BCUT2D eigenvalue weighted by Gasteiger charge is -2.24. The molecular weight excluding hydrogens is 198 g/mol. The van der Waals surface area contributed by atoms with Gasteiger partial charge in [-0.15, -0.1) is 0 Å². The van der Waals surface area contributed by atoms with Crippen LogP contribution in [0.5, 0.6) is 0 Å². The molecule has 1 unspecified atom stereocenters. The highest BCUT2D eigenvalue weighted by molar-refractivity contribution is 5.39. The van der Waals surface area contributed by atoms with Crippen molar-refractivity contribution >= 4 is 5.69 Å². The molecule has 0 aromatic heterocycles. The predicted molar refractivity (Wildman–Crippen MR) is 66.6 cm³/mol. The summed E-state index contributed by atoms with van der Waals surface area (Å²) in [6.07, 6.45) is 0.860. The van der Waals surface area contributed by atoms with Crippen LogP contribution >= 0.6 is 0 Å². The van der Waals surface area contributed by atoms with E-state index in [0.29, 0.717) is 0 Å². The van der Waals surface area contributed by atoms with E-state index in [2.05, 4.69) is 17.9 Å². The maximum Gasteiger partial charge on any atom is 0.0978 e. The minimum atomic E-state index is 0.00236. The van der Waals surface area contributed by atoms with Gasteiger partial charge in [0.2, 0.25) is 0 Å². The average molecular weight is 217 g/mol. The van der Waals surface area contributed by atoms with Gasteiger partial charge in [-0.25, -0.2) is 0 Å². The van der Waals surface area contributed by atoms with Gasteiger partial charge in [0.25, 0.3) is 0 Å². The van der Waals surface area contributed by atoms with Crippen LogP contribution in [0.3, 0.4) is 0 Å². The lowest BCUT2D eigenvalue weighted by atomic mass is 10.1. The zero-order chi connectivity index (χ0) is 12.0. The van der Waals surface area contributed by atoms with Crippen LogP contribution in [-0.4, -0.2) is 17.5 Å². The number of nitrogens with two attached hydrogens (primary N) is 1. The standard InChI is InChI=1S/C13H19N3/c1-3-13(9-14)16(4-2)10-11-5-7-12(15)8-6-11/h5-8,13H,3-4,10,15H2,1-2H3. The molecule has 0 aliphatic rings. The van der Waals surface area contributed by atoms with Gasteiger partial charge < -0.3 is 5.73 Å². The molecule has 1 rings (SSSR count). The highest BCUT2D eigenvalue weighted by Gasteiger charge is 2.14. The van der Waals surface area contributed by atoms with Crippen LogP contribution < -0.4 is 5.73 Å². The minimum Gasteiger partial charge on any atom is -0.399 e. The summed E-state index contributed by atoms with van der Waals surface area (Å²) in [6.45, 7) is 5.82. The summed E-state index contributed by atoms with van der Waals surface area (Å²) in [4.78, 5) is 2.17. The van der Waals surface area contributed by atoms with Crippen molar-refractivity contribution in [3.8, 4) is 6.07 Å². The summed E-state index contributed by atoms with van der Waals surface area (Å²) < 4.78 is 0. The third-order valence-corrected chi connectivity index (χ3v) is 2.75. The Kier molecular flexibility index (Phi) is 4.81. The molecule has 0 heterocycles. The Morgan fingerprint density at radius 2 is 1.94 bits per heavy atom. The van der Waals surface area contributed by atoms with Crippen LogP contribution in [0.25, 0.3) is 0 Å². The van der Waals surface area contributed by atoms with Gasteiger partial charge in [-0.1, -0.05) is 26.0 Å². The number of rotatable bonds is 5. The van der Waals surface area contributed by atoms with E-state index < -0.39 is 0 Å². The Bertz CT molecular complexity index is 350. The lowest BCUT2D eigenvalue weighted by molar-refractivity contribution is 0.232. The SMILES string of the molecule is CCC(C#N)N(CC)Cc1ccc(N)cc1. The van der Waals surface area contributed by atoms with E-state index in [1.807, 2.05) is 31.2 Å². The van der Waals surface area contributed by atoms with Crippen LogP contribution in [0.1, 0.15) is 25.8 Å². The summed E-state index contributed by atoms with van der Waals surface area (Å²) in [5.74, 6) is 0. The zero-order valence-electron chi connectivity index (χ0n) is 9.98. The lowest BCUT2D eigenvalue weighted by Crippen LogP contribution is -2.33. The fourth-order valence-electron chi connectivity index (χ4n) is 1.73. The van der Waals surface area contributed by atoms with Crippen molar-refractivity contribution in [2.24, 2.45) is 0 Å². The average Bonchev–Trinajstić information content (AvgIpc) is 2.32. The quantitative estimate of drug-likeness (QED) is 0.770. The maximum absolute atomic E-state index is 9.04. The minimum absolute atomic E-state index is 0.00236. The van der Waals surface area contributed by atoms with E-state index in [1.54, 1.807) is 0 Å². The molecule has 2 N–H and O–H groups in total. The van der Waals surface area contributed by atoms with Crippen molar-refractivity contribution in [3.05, 3.63) is 29.8 Å². The molecule has 0 saturated heterocycles. The van der Waals surface area contributed by atoms with Crippen LogP contribution in [0, 0.1) is 11.3 Å². The molecule has 0 bridgehead atoms. The van der Waals surface area contributed by atoms with Crippen molar-refractivity contribution in [1.82, 2.24) is 4.90 Å². The molecule has 16 heavy (non-hydrogen) atoms. The van der Waals surface area contributed by atoms with Gasteiger partial charge >= 0.3 is 0 Å². The highest BCUT2D eigenvalue weighted by atomic mass is 15.1. The maximum atomic E-state index is 9.04. The molecule has 0 spiro atoms. The number of hydrogen-bond acceptors (Lipinski definition) is 3. The van der Waals surface area contributed by atoms with Gasteiger partial charge in [-0.3, -0.25) is 4.90 Å². The van der Waals surface area contributed by atoms with Crippen molar-refractivity contribution in [3.63, 3.8) is 0 Å². The Labute approximate surface area is 97.5 Å².